The highest BCUT2D eigenvalue weighted by Gasteiger charge is 2.25. The molecule has 0 saturated carbocycles. The van der Waals surface area contributed by atoms with Crippen molar-refractivity contribution < 1.29 is 9.13 Å². The third kappa shape index (κ3) is 2.53. The number of hydrogen-bond donors (Lipinski definition) is 1. The summed E-state index contributed by atoms with van der Waals surface area (Å²) in [7, 11) is 0. The van der Waals surface area contributed by atoms with E-state index in [1.54, 1.807) is 0 Å². The maximum atomic E-state index is 14.4. The average molecular weight is 317 g/mol. The van der Waals surface area contributed by atoms with Gasteiger partial charge in [-0.25, -0.2) is 4.39 Å². The van der Waals surface area contributed by atoms with Crippen LogP contribution in [0.2, 0.25) is 0 Å². The quantitative estimate of drug-likeness (QED) is 0.931. The van der Waals surface area contributed by atoms with E-state index in [2.05, 4.69) is 27.8 Å². The molecule has 2 N–H and O–H groups in total. The molecule has 18 heavy (non-hydrogen) atoms. The van der Waals surface area contributed by atoms with E-state index >= 15 is 0 Å². The maximum absolute atomic E-state index is 14.4. The zero-order chi connectivity index (χ0) is 13.1. The van der Waals surface area contributed by atoms with Gasteiger partial charge in [-0.2, -0.15) is 0 Å². The first-order valence-electron chi connectivity index (χ1n) is 6.20. The van der Waals surface area contributed by atoms with Crippen LogP contribution in [0.25, 0.3) is 0 Å². The predicted molar refractivity (Wildman–Crippen MR) is 74.2 cm³/mol. The Bertz CT molecular complexity index is 428. The van der Waals surface area contributed by atoms with E-state index in [1.807, 2.05) is 12.1 Å². The maximum Gasteiger partial charge on any atom is 0.160 e. The van der Waals surface area contributed by atoms with Crippen LogP contribution >= 0.6 is 15.9 Å². The number of rotatable bonds is 3. The average Bonchev–Trinajstić information content (AvgIpc) is 2.42. The second-order valence-electron chi connectivity index (χ2n) is 4.41. The fraction of sp³-hybridized carbons (Fsp3) is 0.538. The topological polar surface area (TPSA) is 38.5 Å². The van der Waals surface area contributed by atoms with Gasteiger partial charge in [0.05, 0.1) is 29.4 Å². The normalized spacial score (nSPS) is 20.2. The Morgan fingerprint density at radius 3 is 3.00 bits per heavy atom. The van der Waals surface area contributed by atoms with Crippen molar-refractivity contribution in [3.8, 4) is 0 Å². The molecule has 0 radical (unpaired) electrons. The van der Waals surface area contributed by atoms with Crippen molar-refractivity contribution in [2.75, 3.05) is 24.7 Å². The van der Waals surface area contributed by atoms with Crippen molar-refractivity contribution in [2.45, 2.75) is 25.9 Å². The highest BCUT2D eigenvalue weighted by Crippen LogP contribution is 2.31. The van der Waals surface area contributed by atoms with Gasteiger partial charge in [0.15, 0.2) is 5.82 Å². The molecule has 0 spiro atoms. The summed E-state index contributed by atoms with van der Waals surface area (Å²) in [4.78, 5) is 2.09. The Morgan fingerprint density at radius 2 is 2.33 bits per heavy atom. The van der Waals surface area contributed by atoms with Crippen molar-refractivity contribution >= 4 is 21.6 Å². The summed E-state index contributed by atoms with van der Waals surface area (Å²) in [5.41, 5.74) is 6.99. The van der Waals surface area contributed by atoms with Gasteiger partial charge in [-0.05, 0) is 34.0 Å². The highest BCUT2D eigenvalue weighted by molar-refractivity contribution is 9.10. The van der Waals surface area contributed by atoms with Crippen LogP contribution in [0, 0.1) is 5.82 Å². The SMILES string of the molecule is CCC1COCCN1c1ccc(CN)c(Br)c1F. The molecule has 1 aromatic rings. The van der Waals surface area contributed by atoms with Gasteiger partial charge in [-0.3, -0.25) is 0 Å². The fourth-order valence-electron chi connectivity index (χ4n) is 2.27. The largest absolute Gasteiger partial charge is 0.377 e. The van der Waals surface area contributed by atoms with Crippen LogP contribution in [0.3, 0.4) is 0 Å². The lowest BCUT2D eigenvalue weighted by Crippen LogP contribution is -2.45. The smallest absolute Gasteiger partial charge is 0.160 e. The molecule has 100 valence electrons. The second kappa shape index (κ2) is 5.99. The molecule has 0 aromatic heterocycles. The summed E-state index contributed by atoms with van der Waals surface area (Å²) in [6.07, 6.45) is 0.940. The standard InChI is InChI=1S/C13H18BrFN2O/c1-2-10-8-18-6-5-17(10)11-4-3-9(7-16)12(14)13(11)15/h3-4,10H,2,5-8,16H2,1H3. The monoisotopic (exact) mass is 316 g/mol. The summed E-state index contributed by atoms with van der Waals surface area (Å²) in [5, 5.41) is 0. The molecule has 1 aliphatic heterocycles. The van der Waals surface area contributed by atoms with Crippen molar-refractivity contribution in [3.63, 3.8) is 0 Å². The number of nitrogens with two attached hydrogens (primary N) is 1. The molecule has 5 heteroatoms. The number of anilines is 1. The summed E-state index contributed by atoms with van der Waals surface area (Å²) < 4.78 is 20.3. The first-order chi connectivity index (χ1) is 8.69. The lowest BCUT2D eigenvalue weighted by Gasteiger charge is -2.37. The Morgan fingerprint density at radius 1 is 1.56 bits per heavy atom. The van der Waals surface area contributed by atoms with Gasteiger partial charge in [-0.15, -0.1) is 0 Å². The number of hydrogen-bond acceptors (Lipinski definition) is 3. The third-order valence-electron chi connectivity index (χ3n) is 3.37. The third-order valence-corrected chi connectivity index (χ3v) is 4.23. The molecule has 1 aromatic carbocycles. The van der Waals surface area contributed by atoms with E-state index in [1.165, 1.54) is 0 Å². The van der Waals surface area contributed by atoms with Gasteiger partial charge >= 0.3 is 0 Å². The fourth-order valence-corrected chi connectivity index (χ4v) is 2.77. The molecule has 1 atom stereocenters. The van der Waals surface area contributed by atoms with Gasteiger partial charge in [0, 0.05) is 13.1 Å². The molecular weight excluding hydrogens is 299 g/mol. The van der Waals surface area contributed by atoms with E-state index in [0.29, 0.717) is 29.9 Å². The molecule has 0 aliphatic carbocycles. The number of morpholine rings is 1. The molecule has 0 amide bonds. The molecule has 3 nitrogen and oxygen atoms in total. The molecule has 1 unspecified atom stereocenters. The van der Waals surface area contributed by atoms with Crippen molar-refractivity contribution in [3.05, 3.63) is 28.0 Å². The number of benzene rings is 1. The first-order valence-corrected chi connectivity index (χ1v) is 6.99. The van der Waals surface area contributed by atoms with E-state index in [4.69, 9.17) is 10.5 Å². The van der Waals surface area contributed by atoms with E-state index in [9.17, 15) is 4.39 Å². The van der Waals surface area contributed by atoms with Crippen LogP contribution in [0.5, 0.6) is 0 Å². The van der Waals surface area contributed by atoms with Crippen molar-refractivity contribution in [1.29, 1.82) is 0 Å². The Hall–Kier alpha value is -0.650. The lowest BCUT2D eigenvalue weighted by atomic mass is 10.1. The minimum atomic E-state index is -0.224. The number of ether oxygens (including phenoxy) is 1. The second-order valence-corrected chi connectivity index (χ2v) is 5.20. The van der Waals surface area contributed by atoms with Crippen LogP contribution in [-0.2, 0) is 11.3 Å². The summed E-state index contributed by atoms with van der Waals surface area (Å²) in [5.74, 6) is -0.224. The minimum absolute atomic E-state index is 0.224. The Kier molecular flexibility index (Phi) is 4.59. The van der Waals surface area contributed by atoms with Gasteiger partial charge in [0.1, 0.15) is 0 Å². The molecular formula is C13H18BrFN2O. The zero-order valence-corrected chi connectivity index (χ0v) is 12.0. The van der Waals surface area contributed by atoms with Gasteiger partial charge in [0.2, 0.25) is 0 Å². The molecule has 2 rings (SSSR count). The van der Waals surface area contributed by atoms with Crippen LogP contribution < -0.4 is 10.6 Å². The molecule has 1 saturated heterocycles. The van der Waals surface area contributed by atoms with Crippen molar-refractivity contribution in [1.82, 2.24) is 0 Å². The predicted octanol–water partition coefficient (Wildman–Crippen LogP) is 2.66. The number of halogens is 2. The molecule has 0 bridgehead atoms. The Labute approximate surface area is 115 Å². The first kappa shape index (κ1) is 13.8. The summed E-state index contributed by atoms with van der Waals surface area (Å²) in [6.45, 7) is 4.45. The molecule has 1 aliphatic rings. The van der Waals surface area contributed by atoms with Crippen LogP contribution in [0.15, 0.2) is 16.6 Å². The van der Waals surface area contributed by atoms with Crippen LogP contribution in [-0.4, -0.2) is 25.8 Å². The summed E-state index contributed by atoms with van der Waals surface area (Å²) >= 11 is 3.29. The lowest BCUT2D eigenvalue weighted by molar-refractivity contribution is 0.0926. The zero-order valence-electron chi connectivity index (χ0n) is 10.5. The highest BCUT2D eigenvalue weighted by atomic mass is 79.9. The van der Waals surface area contributed by atoms with Gasteiger partial charge in [-0.1, -0.05) is 13.0 Å². The number of nitrogens with zero attached hydrogens (tertiary/aromatic N) is 1. The Balaban J connectivity index is 2.35. The molecule has 1 fully saturated rings. The van der Waals surface area contributed by atoms with E-state index in [0.717, 1.165) is 18.5 Å². The molecule has 1 heterocycles. The van der Waals surface area contributed by atoms with E-state index in [-0.39, 0.29) is 11.9 Å². The van der Waals surface area contributed by atoms with Crippen LogP contribution in [0.1, 0.15) is 18.9 Å². The minimum Gasteiger partial charge on any atom is -0.377 e. The van der Waals surface area contributed by atoms with Gasteiger partial charge in [0.25, 0.3) is 0 Å². The van der Waals surface area contributed by atoms with Gasteiger partial charge < -0.3 is 15.4 Å². The summed E-state index contributed by atoms with van der Waals surface area (Å²) in [6, 6.07) is 3.94. The van der Waals surface area contributed by atoms with Crippen molar-refractivity contribution in [2.24, 2.45) is 5.73 Å². The van der Waals surface area contributed by atoms with E-state index < -0.39 is 0 Å². The van der Waals surface area contributed by atoms with Crippen LogP contribution in [0.4, 0.5) is 10.1 Å².